The van der Waals surface area contributed by atoms with Crippen LogP contribution in [0.2, 0.25) is 0 Å². The van der Waals surface area contributed by atoms with Crippen LogP contribution >= 0.6 is 0 Å². The van der Waals surface area contributed by atoms with Crippen LogP contribution in [-0.4, -0.2) is 0 Å². The first-order chi connectivity index (χ1) is 28.9. The molecule has 0 saturated heterocycles. The van der Waals surface area contributed by atoms with Gasteiger partial charge in [0.1, 0.15) is 11.2 Å². The molecule has 0 radical (unpaired) electrons. The minimum absolute atomic E-state index is 0.152. The van der Waals surface area contributed by atoms with Gasteiger partial charge < -0.3 is 9.32 Å². The summed E-state index contributed by atoms with van der Waals surface area (Å²) >= 11 is 0. The van der Waals surface area contributed by atoms with Crippen molar-refractivity contribution in [3.63, 3.8) is 0 Å². The Kier molecular flexibility index (Phi) is 7.14. The first kappa shape index (κ1) is 33.9. The van der Waals surface area contributed by atoms with Gasteiger partial charge in [0.2, 0.25) is 0 Å². The molecule has 0 aliphatic heterocycles. The lowest BCUT2D eigenvalue weighted by molar-refractivity contribution is 0.660. The highest BCUT2D eigenvalue weighted by atomic mass is 16.3. The van der Waals surface area contributed by atoms with Gasteiger partial charge in [0.05, 0.1) is 5.69 Å². The molecule has 2 heteroatoms. The Hall–Kier alpha value is -7.16. The zero-order valence-electron chi connectivity index (χ0n) is 33.3. The third-order valence-electron chi connectivity index (χ3n) is 13.6. The largest absolute Gasteiger partial charge is 0.455 e. The molecule has 0 bridgehead atoms. The van der Waals surface area contributed by atoms with Crippen molar-refractivity contribution < 1.29 is 4.42 Å². The zero-order valence-corrected chi connectivity index (χ0v) is 33.3. The lowest BCUT2D eigenvalue weighted by Crippen LogP contribution is -2.23. The van der Waals surface area contributed by atoms with Crippen LogP contribution in [0.4, 0.5) is 17.1 Å². The molecule has 1 aromatic heterocycles. The molecule has 59 heavy (non-hydrogen) atoms. The molecule has 12 rings (SSSR count). The molecule has 2 aliphatic carbocycles. The monoisotopic (exact) mass is 755 g/mol. The topological polar surface area (TPSA) is 16.4 Å². The Morgan fingerprint density at radius 1 is 0.373 bits per heavy atom. The van der Waals surface area contributed by atoms with E-state index in [0.29, 0.717) is 0 Å². The zero-order chi connectivity index (χ0) is 39.5. The van der Waals surface area contributed by atoms with Crippen molar-refractivity contribution in [3.8, 4) is 33.4 Å². The standard InChI is InChI=1S/C57H41NO/c1-56(2)49-25-12-9-20-41(49)43-32-29-38(34-51(43)56)58(39-30-33-44-42-21-10-13-26-50(42)57(3,52(44)35-39)37-17-5-4-6-18-37)53-27-14-11-22-45(53)46-23-15-24-47-48-31-28-36-16-7-8-19-40(36)54(48)59-55(46)47/h4-35H,1-3H3. The number of furan rings is 1. The van der Waals surface area contributed by atoms with Gasteiger partial charge in [-0.3, -0.25) is 0 Å². The summed E-state index contributed by atoms with van der Waals surface area (Å²) in [6.45, 7) is 7.13. The predicted octanol–water partition coefficient (Wildman–Crippen LogP) is 15.5. The highest BCUT2D eigenvalue weighted by Crippen LogP contribution is 2.56. The first-order valence-corrected chi connectivity index (χ1v) is 20.7. The Bertz CT molecular complexity index is 3330. The van der Waals surface area contributed by atoms with Crippen LogP contribution in [0.5, 0.6) is 0 Å². The summed E-state index contributed by atoms with van der Waals surface area (Å²) in [4.78, 5) is 2.49. The number of benzene rings is 9. The van der Waals surface area contributed by atoms with Crippen molar-refractivity contribution in [2.75, 3.05) is 4.90 Å². The maximum absolute atomic E-state index is 6.98. The molecule has 280 valence electrons. The second-order valence-corrected chi connectivity index (χ2v) is 17.0. The molecule has 2 aliphatic rings. The van der Waals surface area contributed by atoms with E-state index < -0.39 is 0 Å². The second kappa shape index (κ2) is 12.4. The van der Waals surface area contributed by atoms with Crippen LogP contribution < -0.4 is 4.90 Å². The number of nitrogens with zero attached hydrogens (tertiary/aromatic N) is 1. The Morgan fingerprint density at radius 2 is 0.932 bits per heavy atom. The minimum atomic E-state index is -0.335. The van der Waals surface area contributed by atoms with Crippen molar-refractivity contribution in [2.45, 2.75) is 31.6 Å². The fraction of sp³-hybridized carbons (Fsp3) is 0.0877. The van der Waals surface area contributed by atoms with E-state index in [1.54, 1.807) is 0 Å². The molecule has 0 amide bonds. The summed E-state index contributed by atoms with van der Waals surface area (Å²) in [5.74, 6) is 0. The number of fused-ring (bicyclic) bond motifs is 11. The molecule has 0 N–H and O–H groups in total. The molecule has 9 aromatic carbocycles. The molecule has 1 heterocycles. The maximum Gasteiger partial charge on any atom is 0.143 e. The lowest BCUT2D eigenvalue weighted by atomic mass is 9.74. The molecule has 1 atom stereocenters. The highest BCUT2D eigenvalue weighted by molar-refractivity contribution is 6.17. The van der Waals surface area contributed by atoms with Crippen molar-refractivity contribution in [2.24, 2.45) is 0 Å². The summed E-state index contributed by atoms with van der Waals surface area (Å²) in [7, 11) is 0. The van der Waals surface area contributed by atoms with Gasteiger partial charge in [-0.2, -0.15) is 0 Å². The van der Waals surface area contributed by atoms with Crippen LogP contribution in [0.25, 0.3) is 66.1 Å². The molecule has 0 spiro atoms. The lowest BCUT2D eigenvalue weighted by Gasteiger charge is -2.32. The number of hydrogen-bond acceptors (Lipinski definition) is 2. The third-order valence-corrected chi connectivity index (χ3v) is 13.6. The van der Waals surface area contributed by atoms with E-state index in [2.05, 4.69) is 220 Å². The van der Waals surface area contributed by atoms with Gasteiger partial charge in [-0.05, 0) is 98.8 Å². The summed E-state index contributed by atoms with van der Waals surface area (Å²) in [6.07, 6.45) is 0. The minimum Gasteiger partial charge on any atom is -0.455 e. The van der Waals surface area contributed by atoms with Crippen LogP contribution in [0.1, 0.15) is 48.6 Å². The second-order valence-electron chi connectivity index (χ2n) is 17.0. The van der Waals surface area contributed by atoms with Gasteiger partial charge in [-0.25, -0.2) is 0 Å². The van der Waals surface area contributed by atoms with Crippen molar-refractivity contribution in [3.05, 3.63) is 222 Å². The van der Waals surface area contributed by atoms with E-state index in [1.165, 1.54) is 55.5 Å². The van der Waals surface area contributed by atoms with Crippen molar-refractivity contribution in [1.29, 1.82) is 0 Å². The normalized spacial score (nSPS) is 15.9. The van der Waals surface area contributed by atoms with Gasteiger partial charge in [-0.15, -0.1) is 0 Å². The summed E-state index contributed by atoms with van der Waals surface area (Å²) in [6, 6.07) is 71.5. The number of para-hydroxylation sites is 2. The van der Waals surface area contributed by atoms with E-state index >= 15 is 0 Å². The van der Waals surface area contributed by atoms with Crippen LogP contribution in [-0.2, 0) is 10.8 Å². The molecule has 10 aromatic rings. The summed E-state index contributed by atoms with van der Waals surface area (Å²) in [5, 5.41) is 4.56. The number of rotatable bonds is 5. The quantitative estimate of drug-likeness (QED) is 0.174. The molecule has 0 saturated carbocycles. The van der Waals surface area contributed by atoms with E-state index in [4.69, 9.17) is 4.42 Å². The number of anilines is 3. The average molecular weight is 756 g/mol. The van der Waals surface area contributed by atoms with Gasteiger partial charge >= 0.3 is 0 Å². The van der Waals surface area contributed by atoms with Crippen LogP contribution in [0, 0.1) is 0 Å². The van der Waals surface area contributed by atoms with Crippen LogP contribution in [0.15, 0.2) is 199 Å². The predicted molar refractivity (Wildman–Crippen MR) is 246 cm³/mol. The molecule has 1 unspecified atom stereocenters. The van der Waals surface area contributed by atoms with E-state index in [1.807, 2.05) is 0 Å². The number of hydrogen-bond donors (Lipinski definition) is 0. The highest BCUT2D eigenvalue weighted by Gasteiger charge is 2.41. The van der Waals surface area contributed by atoms with Gasteiger partial charge in [0.15, 0.2) is 0 Å². The fourth-order valence-electron chi connectivity index (χ4n) is 10.6. The summed E-state index contributed by atoms with van der Waals surface area (Å²) in [5.41, 5.74) is 18.7. The Morgan fingerprint density at radius 3 is 1.73 bits per heavy atom. The first-order valence-electron chi connectivity index (χ1n) is 20.7. The molecular formula is C57H41NO. The molecule has 2 nitrogen and oxygen atoms in total. The maximum atomic E-state index is 6.98. The van der Waals surface area contributed by atoms with Crippen LogP contribution in [0.3, 0.4) is 0 Å². The fourth-order valence-corrected chi connectivity index (χ4v) is 10.6. The van der Waals surface area contributed by atoms with E-state index in [0.717, 1.165) is 55.5 Å². The SMILES string of the molecule is CC1(C)c2ccccc2-c2ccc(N(c3ccc4c(c3)C(C)(c3ccccc3)c3ccccc3-4)c3ccccc3-c3cccc4c3oc3c5ccccc5ccc43)cc21. The third kappa shape index (κ3) is 4.75. The Balaban J connectivity index is 1.12. The summed E-state index contributed by atoms with van der Waals surface area (Å²) < 4.78 is 6.98. The van der Waals surface area contributed by atoms with E-state index in [-0.39, 0.29) is 10.8 Å². The molecular weight excluding hydrogens is 715 g/mol. The Labute approximate surface area is 344 Å². The van der Waals surface area contributed by atoms with Gasteiger partial charge in [0, 0.05) is 49.5 Å². The average Bonchev–Trinajstić information content (AvgIpc) is 3.88. The van der Waals surface area contributed by atoms with Crippen molar-refractivity contribution >= 4 is 49.8 Å². The van der Waals surface area contributed by atoms with Crippen molar-refractivity contribution in [1.82, 2.24) is 0 Å². The smallest absolute Gasteiger partial charge is 0.143 e. The van der Waals surface area contributed by atoms with E-state index in [9.17, 15) is 0 Å². The van der Waals surface area contributed by atoms with Gasteiger partial charge in [0.25, 0.3) is 0 Å². The van der Waals surface area contributed by atoms with Gasteiger partial charge in [-0.1, -0.05) is 172 Å². The molecule has 0 fully saturated rings.